The lowest BCUT2D eigenvalue weighted by atomic mass is 9.99. The Kier molecular flexibility index (Phi) is 4.56. The molecule has 1 heterocycles. The first-order chi connectivity index (χ1) is 8.30. The average Bonchev–Trinajstić information content (AvgIpc) is 2.32. The van der Waals surface area contributed by atoms with Crippen molar-refractivity contribution < 1.29 is 14.7 Å². The first kappa shape index (κ1) is 14.8. The third-order valence-corrected chi connectivity index (χ3v) is 3.81. The number of hydrogen-bond acceptors (Lipinski definition) is 3. The molecule has 0 saturated carbocycles. The van der Waals surface area contributed by atoms with Crippen molar-refractivity contribution in [3.05, 3.63) is 0 Å². The number of rotatable bonds is 3. The Labute approximate surface area is 108 Å². The number of carbonyl (C=O) groups excluding carboxylic acids is 1. The molecule has 1 fully saturated rings. The van der Waals surface area contributed by atoms with E-state index in [9.17, 15) is 9.59 Å². The number of carbonyl (C=O) groups is 2. The summed E-state index contributed by atoms with van der Waals surface area (Å²) in [7, 11) is 2.02. The number of amides is 2. The van der Waals surface area contributed by atoms with Crippen LogP contribution >= 0.6 is 0 Å². The Morgan fingerprint density at radius 1 is 1.44 bits per heavy atom. The van der Waals surface area contributed by atoms with E-state index in [-0.39, 0.29) is 6.03 Å². The van der Waals surface area contributed by atoms with Crippen molar-refractivity contribution in [3.63, 3.8) is 0 Å². The Morgan fingerprint density at radius 3 is 2.50 bits per heavy atom. The van der Waals surface area contributed by atoms with Crippen LogP contribution in [-0.4, -0.2) is 65.2 Å². The van der Waals surface area contributed by atoms with Gasteiger partial charge in [-0.1, -0.05) is 6.92 Å². The molecule has 0 spiro atoms. The van der Waals surface area contributed by atoms with Crippen LogP contribution in [-0.2, 0) is 4.79 Å². The summed E-state index contributed by atoms with van der Waals surface area (Å²) in [6, 6.07) is 0.00362. The highest BCUT2D eigenvalue weighted by Gasteiger charge is 2.35. The molecule has 0 radical (unpaired) electrons. The fourth-order valence-corrected chi connectivity index (χ4v) is 1.84. The summed E-state index contributed by atoms with van der Waals surface area (Å²) in [5.41, 5.74) is -1.19. The molecular formula is C12H23N3O3. The van der Waals surface area contributed by atoms with Crippen molar-refractivity contribution in [1.29, 1.82) is 0 Å². The molecule has 0 aliphatic carbocycles. The second-order valence-corrected chi connectivity index (χ2v) is 5.20. The normalized spacial score (nSPS) is 24.4. The molecule has 0 aromatic carbocycles. The molecule has 18 heavy (non-hydrogen) atoms. The minimum Gasteiger partial charge on any atom is -0.480 e. The second-order valence-electron chi connectivity index (χ2n) is 5.20. The van der Waals surface area contributed by atoms with Gasteiger partial charge >= 0.3 is 12.0 Å². The third-order valence-electron chi connectivity index (χ3n) is 3.81. The Balaban J connectivity index is 2.63. The lowest BCUT2D eigenvalue weighted by Crippen LogP contribution is -2.60. The number of carboxylic acid groups (broad SMARTS) is 1. The van der Waals surface area contributed by atoms with Crippen LogP contribution in [0.5, 0.6) is 0 Å². The van der Waals surface area contributed by atoms with Crippen molar-refractivity contribution in [2.45, 2.75) is 38.8 Å². The summed E-state index contributed by atoms with van der Waals surface area (Å²) < 4.78 is 0. The van der Waals surface area contributed by atoms with Crippen LogP contribution < -0.4 is 5.32 Å². The molecule has 0 aromatic heterocycles. The van der Waals surface area contributed by atoms with Gasteiger partial charge in [0.05, 0.1) is 0 Å². The fourth-order valence-electron chi connectivity index (χ4n) is 1.84. The van der Waals surface area contributed by atoms with E-state index in [1.165, 1.54) is 6.92 Å². The van der Waals surface area contributed by atoms with Gasteiger partial charge in [-0.2, -0.15) is 0 Å². The monoisotopic (exact) mass is 257 g/mol. The molecule has 0 bridgehead atoms. The van der Waals surface area contributed by atoms with E-state index in [0.717, 1.165) is 6.54 Å². The van der Waals surface area contributed by atoms with Gasteiger partial charge in [-0.25, -0.2) is 9.59 Å². The second kappa shape index (κ2) is 5.56. The van der Waals surface area contributed by atoms with Crippen molar-refractivity contribution >= 4 is 12.0 Å². The van der Waals surface area contributed by atoms with E-state index in [4.69, 9.17) is 5.11 Å². The topological polar surface area (TPSA) is 72.9 Å². The van der Waals surface area contributed by atoms with Gasteiger partial charge in [0.1, 0.15) is 5.54 Å². The van der Waals surface area contributed by atoms with E-state index in [0.29, 0.717) is 25.6 Å². The highest BCUT2D eigenvalue weighted by atomic mass is 16.4. The summed E-state index contributed by atoms with van der Waals surface area (Å²) in [5, 5.41) is 11.7. The van der Waals surface area contributed by atoms with E-state index < -0.39 is 11.5 Å². The van der Waals surface area contributed by atoms with Crippen molar-refractivity contribution in [2.75, 3.05) is 26.7 Å². The number of aliphatic carboxylic acids is 1. The number of likely N-dealkylation sites (N-methyl/N-ethyl adjacent to an activating group) is 1. The van der Waals surface area contributed by atoms with Crippen LogP contribution in [0.25, 0.3) is 0 Å². The maximum atomic E-state index is 12.1. The summed E-state index contributed by atoms with van der Waals surface area (Å²) in [4.78, 5) is 27.1. The first-order valence-corrected chi connectivity index (χ1v) is 6.31. The van der Waals surface area contributed by atoms with Gasteiger partial charge in [-0.05, 0) is 27.3 Å². The Bertz CT molecular complexity index is 335. The summed E-state index contributed by atoms with van der Waals surface area (Å²) in [6.45, 7) is 7.40. The van der Waals surface area contributed by atoms with E-state index in [1.54, 1.807) is 11.8 Å². The zero-order valence-electron chi connectivity index (χ0n) is 11.6. The van der Waals surface area contributed by atoms with Gasteiger partial charge in [0, 0.05) is 25.7 Å². The summed E-state index contributed by atoms with van der Waals surface area (Å²) in [6.07, 6.45) is 0.359. The Hall–Kier alpha value is -1.30. The molecule has 6 nitrogen and oxygen atoms in total. The molecule has 2 atom stereocenters. The summed E-state index contributed by atoms with van der Waals surface area (Å²) >= 11 is 0. The molecule has 6 heteroatoms. The van der Waals surface area contributed by atoms with Gasteiger partial charge in [-0.3, -0.25) is 0 Å². The zero-order chi connectivity index (χ0) is 13.9. The molecule has 1 aliphatic rings. The van der Waals surface area contributed by atoms with Crippen molar-refractivity contribution in [3.8, 4) is 0 Å². The fraction of sp³-hybridized carbons (Fsp3) is 0.833. The largest absolute Gasteiger partial charge is 0.480 e. The Morgan fingerprint density at radius 2 is 2.06 bits per heavy atom. The predicted octanol–water partition coefficient (Wildman–Crippen LogP) is 0.585. The molecule has 2 amide bonds. The van der Waals surface area contributed by atoms with Crippen LogP contribution in [0.4, 0.5) is 4.79 Å². The van der Waals surface area contributed by atoms with Gasteiger partial charge < -0.3 is 20.2 Å². The lowest BCUT2D eigenvalue weighted by molar-refractivity contribution is -0.143. The van der Waals surface area contributed by atoms with E-state index >= 15 is 0 Å². The smallest absolute Gasteiger partial charge is 0.329 e. The van der Waals surface area contributed by atoms with Gasteiger partial charge in [0.25, 0.3) is 0 Å². The highest BCUT2D eigenvalue weighted by Crippen LogP contribution is 2.12. The van der Waals surface area contributed by atoms with Gasteiger partial charge in [0.15, 0.2) is 0 Å². The number of nitrogens with one attached hydrogen (secondary N) is 1. The molecule has 1 aliphatic heterocycles. The number of carboxylic acids is 1. The number of hydrogen-bond donors (Lipinski definition) is 2. The van der Waals surface area contributed by atoms with Crippen LogP contribution in [0.2, 0.25) is 0 Å². The molecule has 1 rings (SSSR count). The summed E-state index contributed by atoms with van der Waals surface area (Å²) in [5.74, 6) is -1.000. The van der Waals surface area contributed by atoms with Crippen LogP contribution in [0.1, 0.15) is 27.2 Å². The number of nitrogens with zero attached hydrogens (tertiary/aromatic N) is 2. The molecule has 0 aromatic rings. The minimum absolute atomic E-state index is 0.290. The molecule has 104 valence electrons. The standard InChI is InChI=1S/C12H23N3O3/c1-5-12(3,10(16)17)13-11(18)15-7-6-14(4)9(2)8-15/h9H,5-8H2,1-4H3,(H,13,18)(H,16,17). The first-order valence-electron chi connectivity index (χ1n) is 6.31. The molecule has 2 N–H and O–H groups in total. The quantitative estimate of drug-likeness (QED) is 0.776. The third kappa shape index (κ3) is 3.13. The highest BCUT2D eigenvalue weighted by molar-refractivity contribution is 5.85. The minimum atomic E-state index is -1.19. The van der Waals surface area contributed by atoms with E-state index in [1.807, 2.05) is 7.05 Å². The van der Waals surface area contributed by atoms with Crippen LogP contribution in [0.15, 0.2) is 0 Å². The average molecular weight is 257 g/mol. The number of urea groups is 1. The lowest BCUT2D eigenvalue weighted by Gasteiger charge is -2.39. The zero-order valence-corrected chi connectivity index (χ0v) is 11.6. The molecule has 2 unspecified atom stereocenters. The molecular weight excluding hydrogens is 234 g/mol. The van der Waals surface area contributed by atoms with Crippen molar-refractivity contribution in [1.82, 2.24) is 15.1 Å². The van der Waals surface area contributed by atoms with E-state index in [2.05, 4.69) is 17.1 Å². The van der Waals surface area contributed by atoms with Gasteiger partial charge in [0.2, 0.25) is 0 Å². The van der Waals surface area contributed by atoms with Gasteiger partial charge in [-0.15, -0.1) is 0 Å². The van der Waals surface area contributed by atoms with Crippen molar-refractivity contribution in [2.24, 2.45) is 0 Å². The van der Waals surface area contributed by atoms with Crippen LogP contribution in [0, 0.1) is 0 Å². The SMILES string of the molecule is CCC(C)(NC(=O)N1CCN(C)C(C)C1)C(=O)O. The maximum Gasteiger partial charge on any atom is 0.329 e. The maximum absolute atomic E-state index is 12.1. The van der Waals surface area contributed by atoms with Crippen LogP contribution in [0.3, 0.4) is 0 Å². The number of piperazine rings is 1. The predicted molar refractivity (Wildman–Crippen MR) is 68.5 cm³/mol. The molecule has 1 saturated heterocycles.